The molecule has 14 heavy (non-hydrogen) atoms. The lowest BCUT2D eigenvalue weighted by atomic mass is 10.2. The second-order valence-electron chi connectivity index (χ2n) is 3.18. The van der Waals surface area contributed by atoms with Gasteiger partial charge in [0.25, 0.3) is 0 Å². The average molecular weight is 203 g/mol. The maximum absolute atomic E-state index is 10.4. The van der Waals surface area contributed by atoms with E-state index in [-0.39, 0.29) is 11.9 Å². The highest BCUT2D eigenvalue weighted by atomic mass is 16.4. The second kappa shape index (κ2) is 6.33. The molecule has 6 heteroatoms. The Labute approximate surface area is 82.6 Å². The van der Waals surface area contributed by atoms with Crippen LogP contribution in [0.25, 0.3) is 0 Å². The summed E-state index contributed by atoms with van der Waals surface area (Å²) in [6.45, 7) is 2.36. The summed E-state index contributed by atoms with van der Waals surface area (Å²) in [5.41, 5.74) is 9.83. The van der Waals surface area contributed by atoms with Crippen molar-refractivity contribution in [1.29, 1.82) is 0 Å². The SMILES string of the molecule is C[C@H](N)C(=O)O.NC(=O)[C@@H]1CCCN1. The number of carbonyl (C=O) groups excluding carboxylic acids is 1. The molecule has 0 aromatic carbocycles. The van der Waals surface area contributed by atoms with Gasteiger partial charge < -0.3 is 21.9 Å². The van der Waals surface area contributed by atoms with Crippen LogP contribution in [0.3, 0.4) is 0 Å². The molecule has 0 saturated carbocycles. The van der Waals surface area contributed by atoms with Crippen LogP contribution in [0.2, 0.25) is 0 Å². The smallest absolute Gasteiger partial charge is 0.320 e. The summed E-state index contributed by atoms with van der Waals surface area (Å²) >= 11 is 0. The Morgan fingerprint density at radius 2 is 2.07 bits per heavy atom. The lowest BCUT2D eigenvalue weighted by molar-refractivity contribution is -0.138. The van der Waals surface area contributed by atoms with E-state index in [1.807, 2.05) is 0 Å². The van der Waals surface area contributed by atoms with Crippen LogP contribution in [0.1, 0.15) is 19.8 Å². The molecule has 1 aliphatic rings. The van der Waals surface area contributed by atoms with Crippen molar-refractivity contribution in [1.82, 2.24) is 5.32 Å². The highest BCUT2D eigenvalue weighted by molar-refractivity contribution is 5.80. The van der Waals surface area contributed by atoms with E-state index in [4.69, 9.17) is 16.6 Å². The summed E-state index contributed by atoms with van der Waals surface area (Å²) < 4.78 is 0. The molecule has 1 rings (SSSR count). The molecule has 1 heterocycles. The Hall–Kier alpha value is -1.14. The number of carboxylic acids is 1. The van der Waals surface area contributed by atoms with Crippen molar-refractivity contribution < 1.29 is 14.7 Å². The van der Waals surface area contributed by atoms with Crippen molar-refractivity contribution in [3.8, 4) is 0 Å². The van der Waals surface area contributed by atoms with Crippen LogP contribution < -0.4 is 16.8 Å². The van der Waals surface area contributed by atoms with Gasteiger partial charge in [-0.25, -0.2) is 0 Å². The molecule has 2 atom stereocenters. The molecule has 82 valence electrons. The van der Waals surface area contributed by atoms with Gasteiger partial charge in [0.2, 0.25) is 5.91 Å². The first-order chi connectivity index (χ1) is 6.45. The molecule has 0 radical (unpaired) electrons. The van der Waals surface area contributed by atoms with E-state index in [9.17, 15) is 9.59 Å². The summed E-state index contributed by atoms with van der Waals surface area (Å²) in [5.74, 6) is -1.18. The van der Waals surface area contributed by atoms with E-state index in [1.165, 1.54) is 6.92 Å². The van der Waals surface area contributed by atoms with Crippen LogP contribution in [0.4, 0.5) is 0 Å². The lowest BCUT2D eigenvalue weighted by Crippen LogP contribution is -2.36. The molecule has 1 amide bonds. The van der Waals surface area contributed by atoms with E-state index < -0.39 is 12.0 Å². The van der Waals surface area contributed by atoms with Crippen LogP contribution in [0.5, 0.6) is 0 Å². The van der Waals surface area contributed by atoms with Crippen LogP contribution in [0.15, 0.2) is 0 Å². The predicted molar refractivity (Wildman–Crippen MR) is 51.5 cm³/mol. The van der Waals surface area contributed by atoms with Crippen molar-refractivity contribution in [2.75, 3.05) is 6.54 Å². The van der Waals surface area contributed by atoms with Crippen LogP contribution in [0, 0.1) is 0 Å². The number of amides is 1. The maximum atomic E-state index is 10.4. The zero-order valence-corrected chi connectivity index (χ0v) is 8.19. The van der Waals surface area contributed by atoms with Gasteiger partial charge >= 0.3 is 5.97 Å². The summed E-state index contributed by atoms with van der Waals surface area (Å²) in [6.07, 6.45) is 1.99. The highest BCUT2D eigenvalue weighted by Gasteiger charge is 2.18. The molecular formula is C8H17N3O3. The van der Waals surface area contributed by atoms with Gasteiger partial charge in [0, 0.05) is 0 Å². The van der Waals surface area contributed by atoms with Gasteiger partial charge in [0.1, 0.15) is 6.04 Å². The minimum absolute atomic E-state index is 0.0463. The third kappa shape index (κ3) is 5.50. The fraction of sp³-hybridized carbons (Fsp3) is 0.750. The van der Waals surface area contributed by atoms with Gasteiger partial charge in [-0.05, 0) is 26.3 Å². The number of primary amides is 1. The number of rotatable bonds is 2. The zero-order valence-electron chi connectivity index (χ0n) is 8.19. The van der Waals surface area contributed by atoms with Gasteiger partial charge in [0.05, 0.1) is 6.04 Å². The lowest BCUT2D eigenvalue weighted by Gasteiger charge is -2.01. The molecule has 1 aliphatic heterocycles. The quantitative estimate of drug-likeness (QED) is 0.442. The summed E-state index contributed by atoms with van der Waals surface area (Å²) in [6, 6.07) is -0.778. The van der Waals surface area contributed by atoms with E-state index in [0.717, 1.165) is 19.4 Å². The van der Waals surface area contributed by atoms with E-state index in [0.29, 0.717) is 0 Å². The first-order valence-corrected chi connectivity index (χ1v) is 4.46. The zero-order chi connectivity index (χ0) is 11.1. The third-order valence-corrected chi connectivity index (χ3v) is 1.79. The van der Waals surface area contributed by atoms with Crippen molar-refractivity contribution in [3.05, 3.63) is 0 Å². The fourth-order valence-electron chi connectivity index (χ4n) is 0.927. The number of hydrogen-bond acceptors (Lipinski definition) is 4. The van der Waals surface area contributed by atoms with Crippen molar-refractivity contribution in [2.24, 2.45) is 11.5 Å². The normalized spacial score (nSPS) is 22.0. The van der Waals surface area contributed by atoms with Crippen molar-refractivity contribution in [3.63, 3.8) is 0 Å². The van der Waals surface area contributed by atoms with Crippen molar-refractivity contribution in [2.45, 2.75) is 31.8 Å². The van der Waals surface area contributed by atoms with Crippen molar-refractivity contribution >= 4 is 11.9 Å². The van der Waals surface area contributed by atoms with Gasteiger partial charge in [-0.3, -0.25) is 9.59 Å². The maximum Gasteiger partial charge on any atom is 0.320 e. The molecule has 0 aromatic rings. The minimum atomic E-state index is -0.963. The number of hydrogen-bond donors (Lipinski definition) is 4. The van der Waals surface area contributed by atoms with E-state index >= 15 is 0 Å². The highest BCUT2D eigenvalue weighted by Crippen LogP contribution is 2.02. The molecule has 0 bridgehead atoms. The first kappa shape index (κ1) is 12.9. The Balaban J connectivity index is 0.000000255. The molecule has 0 unspecified atom stereocenters. The number of nitrogens with one attached hydrogen (secondary N) is 1. The van der Waals surface area contributed by atoms with Gasteiger partial charge in [-0.1, -0.05) is 0 Å². The van der Waals surface area contributed by atoms with E-state index in [2.05, 4.69) is 5.32 Å². The van der Waals surface area contributed by atoms with Gasteiger partial charge in [-0.2, -0.15) is 0 Å². The molecule has 1 fully saturated rings. The minimum Gasteiger partial charge on any atom is -0.480 e. The average Bonchev–Trinajstić information content (AvgIpc) is 2.56. The van der Waals surface area contributed by atoms with Gasteiger partial charge in [0.15, 0.2) is 0 Å². The molecule has 0 aromatic heterocycles. The molecular weight excluding hydrogens is 186 g/mol. The molecule has 0 aliphatic carbocycles. The predicted octanol–water partition coefficient (Wildman–Crippen LogP) is -1.36. The number of carbonyl (C=O) groups is 2. The molecule has 0 spiro atoms. The Morgan fingerprint density at radius 1 is 1.57 bits per heavy atom. The first-order valence-electron chi connectivity index (χ1n) is 4.46. The second-order valence-corrected chi connectivity index (χ2v) is 3.18. The molecule has 1 saturated heterocycles. The Bertz CT molecular complexity index is 200. The summed E-state index contributed by atoms with van der Waals surface area (Å²) in [5, 5.41) is 10.8. The van der Waals surface area contributed by atoms with Gasteiger partial charge in [-0.15, -0.1) is 0 Å². The topological polar surface area (TPSA) is 118 Å². The molecule has 6 N–H and O–H groups in total. The van der Waals surface area contributed by atoms with Crippen LogP contribution >= 0.6 is 0 Å². The third-order valence-electron chi connectivity index (χ3n) is 1.79. The van der Waals surface area contributed by atoms with E-state index in [1.54, 1.807) is 0 Å². The number of nitrogens with two attached hydrogens (primary N) is 2. The Morgan fingerprint density at radius 3 is 2.21 bits per heavy atom. The largest absolute Gasteiger partial charge is 0.480 e. The standard InChI is InChI=1S/C5H10N2O.C3H7NO2/c6-5(8)4-2-1-3-7-4;1-2(4)3(5)6/h4,7H,1-3H2,(H2,6,8);2H,4H2,1H3,(H,5,6)/t4-;2-/m00/s1. The summed E-state index contributed by atoms with van der Waals surface area (Å²) in [7, 11) is 0. The van der Waals surface area contributed by atoms with Crippen LogP contribution in [-0.2, 0) is 9.59 Å². The number of aliphatic carboxylic acids is 1. The number of carboxylic acid groups (broad SMARTS) is 1. The van der Waals surface area contributed by atoms with Crippen LogP contribution in [-0.4, -0.2) is 35.6 Å². The fourth-order valence-corrected chi connectivity index (χ4v) is 0.927. The summed E-state index contributed by atoms with van der Waals surface area (Å²) in [4.78, 5) is 19.9. The molecule has 6 nitrogen and oxygen atoms in total. The monoisotopic (exact) mass is 203 g/mol. The Kier molecular flexibility index (Phi) is 5.82.